The SMILES string of the molecule is CCCCC/C=C\C/C=C\C/C=C\CCCCCCCCC(=O)OC(COC(=O)CCCCCCC/C=C\CCCCCC)COC(=O)CCCCCCCCCCCCCCCCCC/C=C\C/C=C\C/C=C\CCCCCCC. The van der Waals surface area contributed by atoms with Crippen LogP contribution in [0.15, 0.2) is 85.1 Å². The van der Waals surface area contributed by atoms with Gasteiger partial charge in [0.2, 0.25) is 0 Å². The Kier molecular flexibility index (Phi) is 66.2. The second-order valence-electron chi connectivity index (χ2n) is 23.4. The van der Waals surface area contributed by atoms with E-state index in [2.05, 4.69) is 106 Å². The number of rotatable bonds is 64. The zero-order chi connectivity index (χ0) is 58.5. The summed E-state index contributed by atoms with van der Waals surface area (Å²) < 4.78 is 16.9. The van der Waals surface area contributed by atoms with Gasteiger partial charge >= 0.3 is 17.9 Å². The van der Waals surface area contributed by atoms with Crippen LogP contribution in [0.5, 0.6) is 0 Å². The summed E-state index contributed by atoms with van der Waals surface area (Å²) >= 11 is 0. The van der Waals surface area contributed by atoms with E-state index in [1.54, 1.807) is 0 Å². The van der Waals surface area contributed by atoms with Gasteiger partial charge in [-0.15, -0.1) is 0 Å². The lowest BCUT2D eigenvalue weighted by Crippen LogP contribution is -2.30. The second-order valence-corrected chi connectivity index (χ2v) is 23.4. The Morgan fingerprint density at radius 3 is 0.741 bits per heavy atom. The van der Waals surface area contributed by atoms with Crippen molar-refractivity contribution < 1.29 is 28.6 Å². The van der Waals surface area contributed by atoms with E-state index in [4.69, 9.17) is 14.2 Å². The predicted molar refractivity (Wildman–Crippen MR) is 353 cm³/mol. The zero-order valence-corrected chi connectivity index (χ0v) is 53.8. The van der Waals surface area contributed by atoms with Crippen molar-refractivity contribution in [1.29, 1.82) is 0 Å². The highest BCUT2D eigenvalue weighted by Gasteiger charge is 2.19. The molecule has 0 aliphatic rings. The number of unbranched alkanes of at least 4 members (excludes halogenated alkanes) is 39. The molecule has 0 amide bonds. The fourth-order valence-electron chi connectivity index (χ4n) is 10.0. The molecule has 1 atom stereocenters. The van der Waals surface area contributed by atoms with Gasteiger partial charge in [-0.1, -0.05) is 298 Å². The number of allylic oxidation sites excluding steroid dienone is 14. The highest BCUT2D eigenvalue weighted by atomic mass is 16.6. The van der Waals surface area contributed by atoms with Crippen LogP contribution >= 0.6 is 0 Å². The van der Waals surface area contributed by atoms with E-state index in [-0.39, 0.29) is 31.1 Å². The summed E-state index contributed by atoms with van der Waals surface area (Å²) in [5, 5.41) is 0. The van der Waals surface area contributed by atoms with Crippen LogP contribution in [0.1, 0.15) is 355 Å². The summed E-state index contributed by atoms with van der Waals surface area (Å²) in [6.07, 6.45) is 91.8. The summed E-state index contributed by atoms with van der Waals surface area (Å²) in [6, 6.07) is 0. The van der Waals surface area contributed by atoms with Crippen LogP contribution in [0.4, 0.5) is 0 Å². The largest absolute Gasteiger partial charge is 0.462 e. The average molecular weight is 1130 g/mol. The van der Waals surface area contributed by atoms with E-state index in [1.165, 1.54) is 212 Å². The van der Waals surface area contributed by atoms with E-state index < -0.39 is 6.10 Å². The minimum Gasteiger partial charge on any atom is -0.462 e. The van der Waals surface area contributed by atoms with E-state index >= 15 is 0 Å². The van der Waals surface area contributed by atoms with Gasteiger partial charge in [0.15, 0.2) is 6.10 Å². The van der Waals surface area contributed by atoms with Gasteiger partial charge in [-0.25, -0.2) is 0 Å². The van der Waals surface area contributed by atoms with Gasteiger partial charge in [0, 0.05) is 19.3 Å². The molecule has 6 nitrogen and oxygen atoms in total. The van der Waals surface area contributed by atoms with Crippen LogP contribution < -0.4 is 0 Å². The molecule has 0 spiro atoms. The third-order valence-corrected chi connectivity index (χ3v) is 15.3. The molecule has 81 heavy (non-hydrogen) atoms. The van der Waals surface area contributed by atoms with Gasteiger partial charge in [0.1, 0.15) is 13.2 Å². The van der Waals surface area contributed by atoms with Crippen molar-refractivity contribution in [3.8, 4) is 0 Å². The third kappa shape index (κ3) is 67.3. The standard InChI is InChI=1S/C75H132O6/c1-4-7-10-13-16-19-22-25-27-29-31-32-33-34-35-36-37-38-39-40-41-42-44-45-47-50-53-56-59-62-65-68-74(77)80-71-72(70-79-73(76)67-64-61-58-55-52-49-24-21-18-15-12-9-6-3)81-75(78)69-66-63-60-57-54-51-48-46-43-30-28-26-23-20-17-14-11-8-5-2/h17,20-22,24-26,28-29,31,33-34,43,46,72H,4-16,18-19,23,27,30,32,35-42,44-45,47-71H2,1-3H3/b20-17-,24-21-,25-22-,28-26-,31-29-,34-33-,46-43-. The first kappa shape index (κ1) is 77.6. The summed E-state index contributed by atoms with van der Waals surface area (Å²) in [5.41, 5.74) is 0. The van der Waals surface area contributed by atoms with Crippen molar-refractivity contribution in [3.63, 3.8) is 0 Å². The van der Waals surface area contributed by atoms with Crippen molar-refractivity contribution in [3.05, 3.63) is 85.1 Å². The lowest BCUT2D eigenvalue weighted by atomic mass is 10.0. The van der Waals surface area contributed by atoms with Gasteiger partial charge in [0.25, 0.3) is 0 Å². The van der Waals surface area contributed by atoms with Crippen LogP contribution in [0.2, 0.25) is 0 Å². The molecule has 1 unspecified atom stereocenters. The molecule has 0 fully saturated rings. The Bertz CT molecular complexity index is 1530. The van der Waals surface area contributed by atoms with Crippen molar-refractivity contribution in [2.75, 3.05) is 13.2 Å². The Balaban J connectivity index is 4.23. The Labute approximate surface area is 503 Å². The summed E-state index contributed by atoms with van der Waals surface area (Å²) in [6.45, 7) is 6.61. The maximum Gasteiger partial charge on any atom is 0.306 e. The summed E-state index contributed by atoms with van der Waals surface area (Å²) in [5.74, 6) is -0.889. The number of hydrogen-bond acceptors (Lipinski definition) is 6. The molecule has 0 aliphatic carbocycles. The molecule has 0 aromatic heterocycles. The first-order valence-electron chi connectivity index (χ1n) is 35.1. The molecule has 0 radical (unpaired) electrons. The molecule has 0 aromatic carbocycles. The van der Waals surface area contributed by atoms with Crippen LogP contribution in [-0.2, 0) is 28.6 Å². The van der Waals surface area contributed by atoms with Gasteiger partial charge in [-0.2, -0.15) is 0 Å². The predicted octanol–water partition coefficient (Wildman–Crippen LogP) is 24.2. The third-order valence-electron chi connectivity index (χ3n) is 15.3. The van der Waals surface area contributed by atoms with Crippen LogP contribution in [0.3, 0.4) is 0 Å². The van der Waals surface area contributed by atoms with E-state index in [0.717, 1.165) is 103 Å². The number of esters is 3. The molecule has 0 rings (SSSR count). The van der Waals surface area contributed by atoms with Crippen LogP contribution in [0, 0.1) is 0 Å². The van der Waals surface area contributed by atoms with Crippen molar-refractivity contribution in [2.45, 2.75) is 361 Å². The second kappa shape index (κ2) is 69.1. The molecule has 468 valence electrons. The maximum atomic E-state index is 12.9. The van der Waals surface area contributed by atoms with Crippen molar-refractivity contribution in [1.82, 2.24) is 0 Å². The molecule has 0 saturated heterocycles. The fraction of sp³-hybridized carbons (Fsp3) is 0.773. The molecule has 0 bridgehead atoms. The number of ether oxygens (including phenoxy) is 3. The topological polar surface area (TPSA) is 78.9 Å². The normalized spacial score (nSPS) is 12.6. The highest BCUT2D eigenvalue weighted by molar-refractivity contribution is 5.71. The first-order valence-corrected chi connectivity index (χ1v) is 35.1. The van der Waals surface area contributed by atoms with Gasteiger partial charge in [0.05, 0.1) is 0 Å². The minimum atomic E-state index is -0.788. The maximum absolute atomic E-state index is 12.9. The number of carbonyl (C=O) groups excluding carboxylic acids is 3. The average Bonchev–Trinajstić information content (AvgIpc) is 3.46. The molecule has 0 aliphatic heterocycles. The van der Waals surface area contributed by atoms with Crippen LogP contribution in [-0.4, -0.2) is 37.2 Å². The molecular formula is C75H132O6. The fourth-order valence-corrected chi connectivity index (χ4v) is 10.0. The Morgan fingerprint density at radius 2 is 0.444 bits per heavy atom. The lowest BCUT2D eigenvalue weighted by molar-refractivity contribution is -0.167. The number of hydrogen-bond donors (Lipinski definition) is 0. The molecule has 0 heterocycles. The Morgan fingerprint density at radius 1 is 0.247 bits per heavy atom. The van der Waals surface area contributed by atoms with Gasteiger partial charge in [-0.3, -0.25) is 14.4 Å². The van der Waals surface area contributed by atoms with Gasteiger partial charge in [-0.05, 0) is 122 Å². The van der Waals surface area contributed by atoms with Crippen molar-refractivity contribution >= 4 is 17.9 Å². The Hall–Kier alpha value is -3.41. The molecule has 6 heteroatoms. The smallest absolute Gasteiger partial charge is 0.306 e. The molecule has 0 aromatic rings. The minimum absolute atomic E-state index is 0.0822. The monoisotopic (exact) mass is 1130 g/mol. The van der Waals surface area contributed by atoms with E-state index in [0.29, 0.717) is 19.3 Å². The summed E-state index contributed by atoms with van der Waals surface area (Å²) in [7, 11) is 0. The van der Waals surface area contributed by atoms with Crippen LogP contribution in [0.25, 0.3) is 0 Å². The number of carbonyl (C=O) groups is 3. The van der Waals surface area contributed by atoms with E-state index in [1.807, 2.05) is 0 Å². The zero-order valence-electron chi connectivity index (χ0n) is 53.8. The van der Waals surface area contributed by atoms with Gasteiger partial charge < -0.3 is 14.2 Å². The molecule has 0 N–H and O–H groups in total. The highest BCUT2D eigenvalue weighted by Crippen LogP contribution is 2.17. The van der Waals surface area contributed by atoms with E-state index in [9.17, 15) is 14.4 Å². The first-order chi connectivity index (χ1) is 40.0. The van der Waals surface area contributed by atoms with Crippen molar-refractivity contribution in [2.24, 2.45) is 0 Å². The molecular weight excluding hydrogens is 997 g/mol. The molecule has 0 saturated carbocycles. The summed E-state index contributed by atoms with van der Waals surface area (Å²) in [4.78, 5) is 38.4. The lowest BCUT2D eigenvalue weighted by Gasteiger charge is -2.18. The quantitative estimate of drug-likeness (QED) is 0.0261.